The van der Waals surface area contributed by atoms with Gasteiger partial charge in [0, 0.05) is 16.1 Å². The topological polar surface area (TPSA) is 34.1 Å². The molecule has 2 aliphatic rings. The lowest BCUT2D eigenvalue weighted by Crippen LogP contribution is -2.34. The zero-order valence-electron chi connectivity index (χ0n) is 14.0. The molecule has 0 aromatic heterocycles. The van der Waals surface area contributed by atoms with Gasteiger partial charge in [0.05, 0.1) is 5.92 Å². The minimum absolute atomic E-state index is 0.0295. The molecule has 0 heterocycles. The Morgan fingerprint density at radius 3 is 2.04 bits per heavy atom. The molecule has 3 heteroatoms. The second kappa shape index (κ2) is 6.76. The van der Waals surface area contributed by atoms with Crippen LogP contribution in [0.15, 0.2) is 54.6 Å². The van der Waals surface area contributed by atoms with Crippen molar-refractivity contribution in [1.82, 2.24) is 0 Å². The van der Waals surface area contributed by atoms with Crippen molar-refractivity contribution in [2.24, 2.45) is 23.7 Å². The first-order valence-corrected chi connectivity index (χ1v) is 9.40. The summed E-state index contributed by atoms with van der Waals surface area (Å²) in [5.41, 5.74) is 1.22. The van der Waals surface area contributed by atoms with Gasteiger partial charge in [-0.15, -0.1) is 0 Å². The van der Waals surface area contributed by atoms with E-state index in [4.69, 9.17) is 11.6 Å². The van der Waals surface area contributed by atoms with Crippen LogP contribution in [0.3, 0.4) is 0 Å². The SMILES string of the molecule is O=C(c1ccccc1)C(C(=O)c1ccc(Cl)cc1)C1CC2CCC1C2. The quantitative estimate of drug-likeness (QED) is 0.529. The van der Waals surface area contributed by atoms with Gasteiger partial charge in [0.2, 0.25) is 0 Å². The van der Waals surface area contributed by atoms with Crippen LogP contribution in [0.1, 0.15) is 46.4 Å². The number of fused-ring (bicyclic) bond motifs is 2. The molecule has 0 radical (unpaired) electrons. The lowest BCUT2D eigenvalue weighted by molar-refractivity contribution is 0.0709. The number of hydrogen-bond acceptors (Lipinski definition) is 2. The summed E-state index contributed by atoms with van der Waals surface area (Å²) in [6, 6.07) is 16.2. The van der Waals surface area contributed by atoms with Gasteiger partial charge in [0.1, 0.15) is 0 Å². The van der Waals surface area contributed by atoms with Crippen molar-refractivity contribution >= 4 is 23.2 Å². The molecular weight excluding hydrogens is 332 g/mol. The van der Waals surface area contributed by atoms with Crippen molar-refractivity contribution in [3.63, 3.8) is 0 Å². The molecule has 0 saturated heterocycles. The van der Waals surface area contributed by atoms with Gasteiger partial charge in [-0.05, 0) is 61.3 Å². The van der Waals surface area contributed by atoms with Crippen LogP contribution in [-0.2, 0) is 0 Å². The van der Waals surface area contributed by atoms with Crippen LogP contribution in [-0.4, -0.2) is 11.6 Å². The standard InChI is InChI=1S/C22H21ClO2/c23-18-10-8-16(9-11-18)22(25)20(19-13-14-6-7-17(19)12-14)21(24)15-4-2-1-3-5-15/h1-5,8-11,14,17,19-20H,6-7,12-13H2. The highest BCUT2D eigenvalue weighted by Crippen LogP contribution is 2.52. The molecule has 2 aromatic carbocycles. The van der Waals surface area contributed by atoms with Gasteiger partial charge in [-0.25, -0.2) is 0 Å². The van der Waals surface area contributed by atoms with E-state index in [1.54, 1.807) is 24.3 Å². The fourth-order valence-electron chi connectivity index (χ4n) is 4.79. The molecule has 4 unspecified atom stereocenters. The minimum Gasteiger partial charge on any atom is -0.293 e. The Kier molecular flexibility index (Phi) is 4.47. The van der Waals surface area contributed by atoms with Crippen LogP contribution in [0.2, 0.25) is 5.02 Å². The summed E-state index contributed by atoms with van der Waals surface area (Å²) in [7, 11) is 0. The van der Waals surface area contributed by atoms with Gasteiger partial charge in [0.15, 0.2) is 11.6 Å². The Balaban J connectivity index is 1.69. The first-order valence-electron chi connectivity index (χ1n) is 9.02. The molecule has 2 saturated carbocycles. The fraction of sp³-hybridized carbons (Fsp3) is 0.364. The molecule has 128 valence electrons. The molecule has 0 N–H and O–H groups in total. The van der Waals surface area contributed by atoms with Crippen molar-refractivity contribution < 1.29 is 9.59 Å². The molecule has 4 rings (SSSR count). The van der Waals surface area contributed by atoms with Crippen LogP contribution in [0.5, 0.6) is 0 Å². The molecule has 25 heavy (non-hydrogen) atoms. The summed E-state index contributed by atoms with van der Waals surface area (Å²) in [5.74, 6) is 0.729. The van der Waals surface area contributed by atoms with E-state index in [0.29, 0.717) is 28.0 Å². The summed E-state index contributed by atoms with van der Waals surface area (Å²) in [5, 5.41) is 0.599. The van der Waals surface area contributed by atoms with E-state index < -0.39 is 5.92 Å². The zero-order valence-corrected chi connectivity index (χ0v) is 14.8. The van der Waals surface area contributed by atoms with Crippen LogP contribution in [0, 0.1) is 23.7 Å². The fourth-order valence-corrected chi connectivity index (χ4v) is 4.91. The Hall–Kier alpha value is -1.93. The molecule has 4 atom stereocenters. The van der Waals surface area contributed by atoms with Gasteiger partial charge < -0.3 is 0 Å². The molecule has 2 fully saturated rings. The number of hydrogen-bond donors (Lipinski definition) is 0. The normalized spacial score (nSPS) is 25.7. The molecule has 2 nitrogen and oxygen atoms in total. The number of Topliss-reactive ketones (excluding diaryl/α,β-unsaturated/α-hetero) is 2. The number of halogens is 1. The van der Waals surface area contributed by atoms with Gasteiger partial charge in [-0.3, -0.25) is 9.59 Å². The second-order valence-electron chi connectivity index (χ2n) is 7.42. The number of benzene rings is 2. The average Bonchev–Trinajstić information content (AvgIpc) is 3.26. The number of carbonyl (C=O) groups is 2. The van der Waals surface area contributed by atoms with E-state index in [2.05, 4.69) is 0 Å². The van der Waals surface area contributed by atoms with Crippen molar-refractivity contribution in [3.05, 3.63) is 70.7 Å². The molecule has 2 aliphatic carbocycles. The second-order valence-corrected chi connectivity index (χ2v) is 7.85. The van der Waals surface area contributed by atoms with E-state index in [9.17, 15) is 9.59 Å². The largest absolute Gasteiger partial charge is 0.293 e. The first kappa shape index (κ1) is 16.5. The summed E-state index contributed by atoms with van der Waals surface area (Å²) in [4.78, 5) is 26.5. The molecule has 0 aliphatic heterocycles. The van der Waals surface area contributed by atoms with Crippen LogP contribution >= 0.6 is 11.6 Å². The maximum atomic E-state index is 13.3. The van der Waals surface area contributed by atoms with Crippen LogP contribution in [0.25, 0.3) is 0 Å². The molecular formula is C22H21ClO2. The molecule has 0 amide bonds. The van der Waals surface area contributed by atoms with Crippen LogP contribution < -0.4 is 0 Å². The zero-order chi connectivity index (χ0) is 17.4. The third-order valence-corrected chi connectivity index (χ3v) is 6.22. The lowest BCUT2D eigenvalue weighted by atomic mass is 9.73. The maximum absolute atomic E-state index is 13.3. The van der Waals surface area contributed by atoms with Crippen molar-refractivity contribution in [2.45, 2.75) is 25.7 Å². The number of rotatable bonds is 5. The Morgan fingerprint density at radius 2 is 1.48 bits per heavy atom. The van der Waals surface area contributed by atoms with Crippen LogP contribution in [0.4, 0.5) is 0 Å². The number of ketones is 2. The lowest BCUT2D eigenvalue weighted by Gasteiger charge is -2.29. The van der Waals surface area contributed by atoms with Gasteiger partial charge in [-0.2, -0.15) is 0 Å². The summed E-state index contributed by atoms with van der Waals surface area (Å²) >= 11 is 5.95. The summed E-state index contributed by atoms with van der Waals surface area (Å²) in [6.45, 7) is 0. The molecule has 2 bridgehead atoms. The van der Waals surface area contributed by atoms with E-state index in [-0.39, 0.29) is 17.5 Å². The first-order chi connectivity index (χ1) is 12.1. The maximum Gasteiger partial charge on any atom is 0.173 e. The Morgan fingerprint density at radius 1 is 0.840 bits per heavy atom. The van der Waals surface area contributed by atoms with Gasteiger partial charge in [0.25, 0.3) is 0 Å². The van der Waals surface area contributed by atoms with E-state index >= 15 is 0 Å². The minimum atomic E-state index is -0.570. The third kappa shape index (κ3) is 3.16. The van der Waals surface area contributed by atoms with E-state index in [1.165, 1.54) is 12.8 Å². The monoisotopic (exact) mass is 352 g/mol. The van der Waals surface area contributed by atoms with E-state index in [1.807, 2.05) is 30.3 Å². The Labute approximate surface area is 153 Å². The van der Waals surface area contributed by atoms with E-state index in [0.717, 1.165) is 12.8 Å². The highest BCUT2D eigenvalue weighted by Gasteiger charge is 2.47. The number of carbonyl (C=O) groups excluding carboxylic acids is 2. The van der Waals surface area contributed by atoms with Gasteiger partial charge >= 0.3 is 0 Å². The van der Waals surface area contributed by atoms with Crippen molar-refractivity contribution in [1.29, 1.82) is 0 Å². The molecule has 0 spiro atoms. The smallest absolute Gasteiger partial charge is 0.173 e. The highest BCUT2D eigenvalue weighted by atomic mass is 35.5. The molecule has 2 aromatic rings. The predicted octanol–water partition coefficient (Wildman–Crippen LogP) is 5.46. The predicted molar refractivity (Wildman–Crippen MR) is 99.0 cm³/mol. The van der Waals surface area contributed by atoms with Crippen molar-refractivity contribution in [2.75, 3.05) is 0 Å². The Bertz CT molecular complexity index is 781. The highest BCUT2D eigenvalue weighted by molar-refractivity contribution is 6.30. The third-order valence-electron chi connectivity index (χ3n) is 5.97. The van der Waals surface area contributed by atoms with Crippen molar-refractivity contribution in [3.8, 4) is 0 Å². The summed E-state index contributed by atoms with van der Waals surface area (Å²) in [6.07, 6.45) is 4.59. The summed E-state index contributed by atoms with van der Waals surface area (Å²) < 4.78 is 0. The van der Waals surface area contributed by atoms with Gasteiger partial charge in [-0.1, -0.05) is 48.4 Å². The average molecular weight is 353 g/mol.